The van der Waals surface area contributed by atoms with Crippen molar-refractivity contribution in [2.45, 2.75) is 39.7 Å². The summed E-state index contributed by atoms with van der Waals surface area (Å²) in [6.07, 6.45) is 2.08. The van der Waals surface area contributed by atoms with E-state index in [1.54, 1.807) is 0 Å². The maximum absolute atomic E-state index is 4.11. The van der Waals surface area contributed by atoms with E-state index in [4.69, 9.17) is 0 Å². The van der Waals surface area contributed by atoms with Crippen LogP contribution in [0, 0.1) is 0 Å². The quantitative estimate of drug-likeness (QED) is 0.789. The molecule has 1 heterocycles. The molecular weight excluding hydrogens is 182 g/mol. The Morgan fingerprint density at radius 1 is 1.38 bits per heavy atom. The van der Waals surface area contributed by atoms with E-state index in [1.165, 1.54) is 16.4 Å². The third-order valence-corrected chi connectivity index (χ3v) is 2.98. The van der Waals surface area contributed by atoms with Crippen LogP contribution in [0.5, 0.6) is 0 Å². The Morgan fingerprint density at radius 2 is 2.15 bits per heavy atom. The summed E-state index contributed by atoms with van der Waals surface area (Å²) >= 11 is 1.52. The molecule has 0 radical (unpaired) electrons. The van der Waals surface area contributed by atoms with Crippen molar-refractivity contribution in [1.29, 1.82) is 0 Å². The number of hydrogen-bond donors (Lipinski definition) is 1. The minimum atomic E-state index is 0.444. The number of nitrogens with zero attached hydrogens (tertiary/aromatic N) is 2. The molecule has 1 aromatic heterocycles. The summed E-state index contributed by atoms with van der Waals surface area (Å²) < 4.78 is 4.00. The molecule has 1 aromatic rings. The topological polar surface area (TPSA) is 37.8 Å². The zero-order chi connectivity index (χ0) is 9.68. The van der Waals surface area contributed by atoms with Gasteiger partial charge in [-0.25, -0.2) is 0 Å². The van der Waals surface area contributed by atoms with E-state index in [-0.39, 0.29) is 0 Å². The molecule has 0 saturated carbocycles. The van der Waals surface area contributed by atoms with Crippen LogP contribution >= 0.6 is 11.5 Å². The third-order valence-electron chi connectivity index (χ3n) is 2.10. The molecular formula is C9H17N3S. The van der Waals surface area contributed by atoms with Gasteiger partial charge in [0.1, 0.15) is 0 Å². The van der Waals surface area contributed by atoms with E-state index < -0.39 is 0 Å². The molecule has 0 amide bonds. The van der Waals surface area contributed by atoms with Gasteiger partial charge in [-0.2, -0.15) is 0 Å². The summed E-state index contributed by atoms with van der Waals surface area (Å²) in [5.41, 5.74) is 1.15. The minimum absolute atomic E-state index is 0.444. The lowest BCUT2D eigenvalue weighted by Gasteiger charge is -2.13. The first kappa shape index (κ1) is 10.6. The fraction of sp³-hybridized carbons (Fsp3) is 0.778. The number of nitrogens with one attached hydrogen (secondary N) is 1. The lowest BCUT2D eigenvalue weighted by molar-refractivity contribution is 0.540. The molecule has 0 aliphatic carbocycles. The Hall–Kier alpha value is -0.480. The van der Waals surface area contributed by atoms with Gasteiger partial charge in [0.25, 0.3) is 0 Å². The predicted octanol–water partition coefficient (Wildman–Crippen LogP) is 2.16. The first-order valence-corrected chi connectivity index (χ1v) is 5.65. The molecule has 4 heteroatoms. The highest BCUT2D eigenvalue weighted by atomic mass is 32.1. The van der Waals surface area contributed by atoms with Gasteiger partial charge in [-0.1, -0.05) is 25.3 Å². The van der Waals surface area contributed by atoms with Crippen molar-refractivity contribution in [3.8, 4) is 0 Å². The summed E-state index contributed by atoms with van der Waals surface area (Å²) in [4.78, 5) is 1.31. The second-order valence-corrected chi connectivity index (χ2v) is 3.74. The lowest BCUT2D eigenvalue weighted by atomic mass is 10.1. The molecule has 1 atom stereocenters. The molecule has 0 aromatic carbocycles. The molecule has 0 aliphatic rings. The monoisotopic (exact) mass is 199 g/mol. The molecule has 13 heavy (non-hydrogen) atoms. The van der Waals surface area contributed by atoms with E-state index >= 15 is 0 Å². The van der Waals surface area contributed by atoms with E-state index in [1.807, 2.05) is 0 Å². The van der Waals surface area contributed by atoms with Crippen molar-refractivity contribution in [1.82, 2.24) is 14.9 Å². The van der Waals surface area contributed by atoms with Gasteiger partial charge in [0.05, 0.1) is 10.6 Å². The second kappa shape index (κ2) is 5.29. The van der Waals surface area contributed by atoms with Crippen molar-refractivity contribution >= 4 is 11.5 Å². The maximum atomic E-state index is 4.11. The Kier molecular flexibility index (Phi) is 4.32. The van der Waals surface area contributed by atoms with Gasteiger partial charge in [0, 0.05) is 6.04 Å². The van der Waals surface area contributed by atoms with E-state index in [0.29, 0.717) is 6.04 Å². The summed E-state index contributed by atoms with van der Waals surface area (Å²) in [5.74, 6) is 0. The second-order valence-electron chi connectivity index (χ2n) is 2.96. The van der Waals surface area contributed by atoms with Crippen molar-refractivity contribution in [3.63, 3.8) is 0 Å². The maximum Gasteiger partial charge on any atom is 0.0800 e. The zero-order valence-corrected chi connectivity index (χ0v) is 9.32. The van der Waals surface area contributed by atoms with Crippen LogP contribution in [0.15, 0.2) is 0 Å². The minimum Gasteiger partial charge on any atom is -0.309 e. The molecule has 0 fully saturated rings. The fourth-order valence-corrected chi connectivity index (χ4v) is 2.29. The normalized spacial score (nSPS) is 13.2. The Balaban J connectivity index is 2.77. The molecule has 3 nitrogen and oxygen atoms in total. The Morgan fingerprint density at radius 3 is 2.69 bits per heavy atom. The molecule has 0 bridgehead atoms. The smallest absolute Gasteiger partial charge is 0.0800 e. The van der Waals surface area contributed by atoms with Crippen LogP contribution in [-0.4, -0.2) is 16.1 Å². The van der Waals surface area contributed by atoms with Gasteiger partial charge in [0.2, 0.25) is 0 Å². The van der Waals surface area contributed by atoms with Crippen LogP contribution in [0.2, 0.25) is 0 Å². The lowest BCUT2D eigenvalue weighted by Crippen LogP contribution is -2.20. The van der Waals surface area contributed by atoms with E-state index in [0.717, 1.165) is 25.1 Å². The first-order chi connectivity index (χ1) is 6.33. The van der Waals surface area contributed by atoms with Gasteiger partial charge >= 0.3 is 0 Å². The predicted molar refractivity (Wildman–Crippen MR) is 56.0 cm³/mol. The molecule has 74 valence electrons. The van der Waals surface area contributed by atoms with Crippen molar-refractivity contribution in [2.24, 2.45) is 0 Å². The number of hydrogen-bond acceptors (Lipinski definition) is 4. The van der Waals surface area contributed by atoms with Crippen LogP contribution in [0.25, 0.3) is 0 Å². The highest BCUT2D eigenvalue weighted by molar-refractivity contribution is 7.05. The van der Waals surface area contributed by atoms with Crippen LogP contribution in [0.4, 0.5) is 0 Å². The summed E-state index contributed by atoms with van der Waals surface area (Å²) in [5, 5.41) is 7.55. The number of aromatic nitrogens is 2. The summed E-state index contributed by atoms with van der Waals surface area (Å²) in [7, 11) is 0. The highest BCUT2D eigenvalue weighted by Crippen LogP contribution is 2.23. The molecule has 1 unspecified atom stereocenters. The third kappa shape index (κ3) is 2.48. The van der Waals surface area contributed by atoms with Crippen LogP contribution in [0.1, 0.15) is 43.8 Å². The van der Waals surface area contributed by atoms with Gasteiger partial charge in [-0.3, -0.25) is 0 Å². The van der Waals surface area contributed by atoms with Gasteiger partial charge < -0.3 is 5.32 Å². The Labute approximate surface area is 83.7 Å². The standard InChI is InChI=1S/C9H17N3S/c1-4-7(10-6-3)9-8(5-2)11-12-13-9/h7,10H,4-6H2,1-3H3. The van der Waals surface area contributed by atoms with Crippen LogP contribution < -0.4 is 5.32 Å². The zero-order valence-electron chi connectivity index (χ0n) is 8.50. The van der Waals surface area contributed by atoms with Gasteiger partial charge in [-0.15, -0.1) is 5.10 Å². The molecule has 0 spiro atoms. The average Bonchev–Trinajstić information content (AvgIpc) is 2.61. The average molecular weight is 199 g/mol. The highest BCUT2D eigenvalue weighted by Gasteiger charge is 2.15. The van der Waals surface area contributed by atoms with Crippen LogP contribution in [0.3, 0.4) is 0 Å². The first-order valence-electron chi connectivity index (χ1n) is 4.87. The number of aryl methyl sites for hydroxylation is 1. The summed E-state index contributed by atoms with van der Waals surface area (Å²) in [6, 6.07) is 0.444. The van der Waals surface area contributed by atoms with Crippen molar-refractivity contribution in [3.05, 3.63) is 10.6 Å². The molecule has 1 N–H and O–H groups in total. The van der Waals surface area contributed by atoms with E-state index in [9.17, 15) is 0 Å². The summed E-state index contributed by atoms with van der Waals surface area (Å²) in [6.45, 7) is 7.44. The van der Waals surface area contributed by atoms with Gasteiger partial charge in [-0.05, 0) is 30.9 Å². The SMILES string of the molecule is CCNC(CC)c1snnc1CC. The number of rotatable bonds is 5. The van der Waals surface area contributed by atoms with Crippen molar-refractivity contribution in [2.75, 3.05) is 6.54 Å². The molecule has 1 rings (SSSR count). The molecule has 0 saturated heterocycles. The largest absolute Gasteiger partial charge is 0.309 e. The van der Waals surface area contributed by atoms with Crippen LogP contribution in [-0.2, 0) is 6.42 Å². The molecule has 0 aliphatic heterocycles. The Bertz CT molecular complexity index is 247. The van der Waals surface area contributed by atoms with Crippen molar-refractivity contribution < 1.29 is 0 Å². The van der Waals surface area contributed by atoms with Gasteiger partial charge in [0.15, 0.2) is 0 Å². The fourth-order valence-electron chi connectivity index (χ4n) is 1.39. The van der Waals surface area contributed by atoms with E-state index in [2.05, 4.69) is 35.7 Å².